The van der Waals surface area contributed by atoms with E-state index in [1.807, 2.05) is 0 Å². The molecule has 1 heteroatoms. The predicted octanol–water partition coefficient (Wildman–Crippen LogP) is 15.2. The molecule has 1 nitrogen and oxygen atoms in total. The van der Waals surface area contributed by atoms with Crippen LogP contribution in [0.5, 0.6) is 0 Å². The van der Waals surface area contributed by atoms with Crippen LogP contribution in [0.4, 0.5) is 17.1 Å². The molecule has 0 saturated heterocycles. The number of anilines is 3. The molecule has 290 valence electrons. The molecule has 61 heavy (non-hydrogen) atoms. The van der Waals surface area contributed by atoms with Crippen LogP contribution in [-0.2, 0) is 16.2 Å². The monoisotopic (exact) mass is 779 g/mol. The lowest BCUT2D eigenvalue weighted by molar-refractivity contribution is 0.590. The molecule has 0 radical (unpaired) electrons. The number of fused-ring (bicyclic) bond motifs is 13. The molecule has 0 aliphatic heterocycles. The first kappa shape index (κ1) is 35.7. The van der Waals surface area contributed by atoms with Gasteiger partial charge in [-0.05, 0) is 114 Å². The van der Waals surface area contributed by atoms with Crippen LogP contribution in [0, 0.1) is 0 Å². The Morgan fingerprint density at radius 1 is 0.328 bits per heavy atom. The summed E-state index contributed by atoms with van der Waals surface area (Å²) in [4.78, 5) is 2.54. The molecule has 9 aromatic rings. The van der Waals surface area contributed by atoms with Crippen molar-refractivity contribution in [3.8, 4) is 33.4 Å². The average Bonchev–Trinajstić information content (AvgIpc) is 3.90. The van der Waals surface area contributed by atoms with E-state index in [9.17, 15) is 0 Å². The number of rotatable bonds is 5. The first-order chi connectivity index (χ1) is 29.9. The fraction of sp³-hybridized carbons (Fsp3) is 0.100. The molecule has 0 heterocycles. The second kappa shape index (κ2) is 13.1. The Balaban J connectivity index is 1.16. The zero-order chi connectivity index (χ0) is 40.9. The van der Waals surface area contributed by atoms with Gasteiger partial charge in [0.15, 0.2) is 0 Å². The van der Waals surface area contributed by atoms with Crippen molar-refractivity contribution in [1.82, 2.24) is 0 Å². The summed E-state index contributed by atoms with van der Waals surface area (Å²) in [7, 11) is 0. The number of hydrogen-bond donors (Lipinski definition) is 0. The molecular weight excluding hydrogens is 735 g/mol. The van der Waals surface area contributed by atoms with Crippen molar-refractivity contribution in [2.24, 2.45) is 0 Å². The number of benzene rings is 9. The highest BCUT2D eigenvalue weighted by Crippen LogP contribution is 2.65. The van der Waals surface area contributed by atoms with Crippen LogP contribution in [0.3, 0.4) is 0 Å². The van der Waals surface area contributed by atoms with Crippen LogP contribution in [0.25, 0.3) is 33.4 Å². The smallest absolute Gasteiger partial charge is 0.0726 e. The van der Waals surface area contributed by atoms with Crippen LogP contribution in [0.1, 0.15) is 70.8 Å². The minimum atomic E-state index is -0.515. The van der Waals surface area contributed by atoms with E-state index in [1.54, 1.807) is 0 Å². The molecule has 0 bridgehead atoms. The summed E-state index contributed by atoms with van der Waals surface area (Å²) in [5.74, 6) is 0. The van der Waals surface area contributed by atoms with Gasteiger partial charge in [-0.15, -0.1) is 0 Å². The molecule has 0 unspecified atom stereocenters. The third-order valence-corrected chi connectivity index (χ3v) is 13.9. The third-order valence-electron chi connectivity index (χ3n) is 13.9. The summed E-state index contributed by atoms with van der Waals surface area (Å²) in [5, 5.41) is 0. The Bertz CT molecular complexity index is 3080. The lowest BCUT2D eigenvalue weighted by Crippen LogP contribution is -2.28. The van der Waals surface area contributed by atoms with Gasteiger partial charge in [0.2, 0.25) is 0 Å². The van der Waals surface area contributed by atoms with Gasteiger partial charge >= 0.3 is 0 Å². The average molecular weight is 780 g/mol. The van der Waals surface area contributed by atoms with Gasteiger partial charge in [-0.3, -0.25) is 0 Å². The Labute approximate surface area is 359 Å². The minimum Gasteiger partial charge on any atom is -0.310 e. The van der Waals surface area contributed by atoms with Crippen LogP contribution in [-0.4, -0.2) is 0 Å². The van der Waals surface area contributed by atoms with E-state index in [4.69, 9.17) is 0 Å². The van der Waals surface area contributed by atoms with Gasteiger partial charge in [-0.1, -0.05) is 209 Å². The van der Waals surface area contributed by atoms with Crippen molar-refractivity contribution < 1.29 is 0 Å². The van der Waals surface area contributed by atoms with E-state index in [0.29, 0.717) is 0 Å². The fourth-order valence-electron chi connectivity index (χ4n) is 11.4. The Morgan fingerprint density at radius 2 is 0.754 bits per heavy atom. The van der Waals surface area contributed by atoms with Gasteiger partial charge in [-0.2, -0.15) is 0 Å². The van der Waals surface area contributed by atoms with Crippen LogP contribution in [0.2, 0.25) is 0 Å². The van der Waals surface area contributed by atoms with Crippen molar-refractivity contribution in [1.29, 1.82) is 0 Å². The van der Waals surface area contributed by atoms with Crippen molar-refractivity contribution in [3.63, 3.8) is 0 Å². The summed E-state index contributed by atoms with van der Waals surface area (Å²) in [6.45, 7) is 6.88. The Morgan fingerprint density at radius 3 is 1.30 bits per heavy atom. The third kappa shape index (κ3) is 4.83. The highest BCUT2D eigenvalue weighted by Gasteiger charge is 2.52. The summed E-state index contributed by atoms with van der Waals surface area (Å²) >= 11 is 0. The Hall–Kier alpha value is -7.22. The van der Waals surface area contributed by atoms with Gasteiger partial charge in [0, 0.05) is 16.9 Å². The molecular formula is C60H45N. The maximum Gasteiger partial charge on any atom is 0.0726 e. The molecule has 3 aliphatic rings. The zero-order valence-corrected chi connectivity index (χ0v) is 34.7. The van der Waals surface area contributed by atoms with Crippen LogP contribution < -0.4 is 4.90 Å². The van der Waals surface area contributed by atoms with E-state index >= 15 is 0 Å². The first-order valence-corrected chi connectivity index (χ1v) is 21.6. The summed E-state index contributed by atoms with van der Waals surface area (Å²) < 4.78 is 0. The predicted molar refractivity (Wildman–Crippen MR) is 253 cm³/mol. The van der Waals surface area contributed by atoms with Crippen molar-refractivity contribution >= 4 is 17.1 Å². The molecule has 0 atom stereocenters. The zero-order valence-electron chi connectivity index (χ0n) is 34.7. The van der Waals surface area contributed by atoms with E-state index in [2.05, 4.69) is 244 Å². The standard InChI is InChI=1S/C60H45N/c1-58(2,3)40-33-35-43(36-34-40)61(44-37-38-48-47-25-10-14-27-50(47)59(55(48)39-44,41-19-6-4-7-20-41)42-21-8-5-9-22-42)56-32-18-31-54-57(56)49-26-13-17-30-53(49)60(54)51-28-15-11-23-45(51)46-24-12-16-29-52(46)60/h4-39H,1-3H3. The van der Waals surface area contributed by atoms with Gasteiger partial charge < -0.3 is 4.90 Å². The van der Waals surface area contributed by atoms with Crippen molar-refractivity contribution in [2.75, 3.05) is 4.90 Å². The number of nitrogens with zero attached hydrogens (tertiary/aromatic N) is 1. The molecule has 0 saturated carbocycles. The maximum absolute atomic E-state index is 2.54. The first-order valence-electron chi connectivity index (χ1n) is 21.6. The molecule has 3 aliphatic carbocycles. The normalized spacial score (nSPS) is 14.4. The van der Waals surface area contributed by atoms with Crippen molar-refractivity contribution in [3.05, 3.63) is 268 Å². The summed E-state index contributed by atoms with van der Waals surface area (Å²) in [6.07, 6.45) is 0. The summed E-state index contributed by atoms with van der Waals surface area (Å²) in [5.41, 5.74) is 22.1. The van der Waals surface area contributed by atoms with E-state index in [-0.39, 0.29) is 5.41 Å². The molecule has 9 aromatic carbocycles. The van der Waals surface area contributed by atoms with Gasteiger partial charge in [-0.25, -0.2) is 0 Å². The van der Waals surface area contributed by atoms with Crippen LogP contribution >= 0.6 is 0 Å². The minimum absolute atomic E-state index is 0.0241. The molecule has 0 aromatic heterocycles. The second-order valence-corrected chi connectivity index (χ2v) is 18.0. The molecule has 1 spiro atoms. The van der Waals surface area contributed by atoms with Gasteiger partial charge in [0.25, 0.3) is 0 Å². The lowest BCUT2D eigenvalue weighted by Gasteiger charge is -2.35. The second-order valence-electron chi connectivity index (χ2n) is 18.0. The van der Waals surface area contributed by atoms with E-state index in [1.165, 1.54) is 89.1 Å². The highest BCUT2D eigenvalue weighted by atomic mass is 15.1. The topological polar surface area (TPSA) is 3.24 Å². The SMILES string of the molecule is CC(C)(C)c1ccc(N(c2ccc3c(c2)C(c2ccccc2)(c2ccccc2)c2ccccc2-3)c2cccc3c2-c2ccccc2C32c3ccccc3-c3ccccc32)cc1. The maximum atomic E-state index is 2.54. The summed E-state index contributed by atoms with van der Waals surface area (Å²) in [6, 6.07) is 82.2. The molecule has 0 N–H and O–H groups in total. The Kier molecular flexibility index (Phi) is 7.69. The number of hydrogen-bond acceptors (Lipinski definition) is 1. The molecule has 12 rings (SSSR count). The largest absolute Gasteiger partial charge is 0.310 e. The van der Waals surface area contributed by atoms with E-state index < -0.39 is 10.8 Å². The quantitative estimate of drug-likeness (QED) is 0.168. The van der Waals surface area contributed by atoms with Gasteiger partial charge in [0.05, 0.1) is 16.5 Å². The molecule has 0 amide bonds. The van der Waals surface area contributed by atoms with Gasteiger partial charge in [0.1, 0.15) is 0 Å². The highest BCUT2D eigenvalue weighted by molar-refractivity contribution is 6.01. The lowest BCUT2D eigenvalue weighted by atomic mass is 9.67. The van der Waals surface area contributed by atoms with Crippen molar-refractivity contribution in [2.45, 2.75) is 37.0 Å². The van der Waals surface area contributed by atoms with E-state index in [0.717, 1.165) is 11.4 Å². The van der Waals surface area contributed by atoms with Crippen LogP contribution in [0.15, 0.2) is 218 Å². The fourth-order valence-corrected chi connectivity index (χ4v) is 11.4. The molecule has 0 fully saturated rings.